The van der Waals surface area contributed by atoms with Crippen molar-refractivity contribution in [1.29, 1.82) is 0 Å². The Hall–Kier alpha value is -2.51. The molecule has 0 aliphatic carbocycles. The van der Waals surface area contributed by atoms with Crippen molar-refractivity contribution >= 4 is 11.5 Å². The zero-order valence-electron chi connectivity index (χ0n) is 15.1. The monoisotopic (exact) mass is 356 g/mol. The molecule has 2 aromatic rings. The van der Waals surface area contributed by atoms with Crippen molar-refractivity contribution < 1.29 is 9.66 Å². The Morgan fingerprint density at radius 3 is 2.38 bits per heavy atom. The van der Waals surface area contributed by atoms with Gasteiger partial charge in [0.2, 0.25) is 0 Å². The van der Waals surface area contributed by atoms with Crippen LogP contribution in [0.1, 0.15) is 25.0 Å². The van der Waals surface area contributed by atoms with Gasteiger partial charge in [0.1, 0.15) is 12.0 Å². The Balaban J connectivity index is 1.52. The van der Waals surface area contributed by atoms with Gasteiger partial charge in [-0.2, -0.15) is 0 Å². The molecule has 0 radical (unpaired) electrons. The van der Waals surface area contributed by atoms with Crippen LogP contribution in [0.5, 0.6) is 0 Å². The summed E-state index contributed by atoms with van der Waals surface area (Å²) in [6.45, 7) is 7.69. The zero-order valence-corrected chi connectivity index (χ0v) is 15.1. The second-order valence-corrected chi connectivity index (χ2v) is 6.78. The molecule has 1 aromatic carbocycles. The summed E-state index contributed by atoms with van der Waals surface area (Å²) < 4.78 is 5.77. The first kappa shape index (κ1) is 18.3. The number of aromatic nitrogens is 1. The Kier molecular flexibility index (Phi) is 5.80. The van der Waals surface area contributed by atoms with E-state index in [-0.39, 0.29) is 17.9 Å². The fraction of sp³-hybridized carbons (Fsp3) is 0.421. The normalized spacial score (nSPS) is 20.7. The summed E-state index contributed by atoms with van der Waals surface area (Å²) in [6.07, 6.45) is 1.81. The van der Waals surface area contributed by atoms with Gasteiger partial charge in [0.25, 0.3) is 5.69 Å². The van der Waals surface area contributed by atoms with E-state index in [1.54, 1.807) is 6.07 Å². The van der Waals surface area contributed by atoms with E-state index in [1.165, 1.54) is 17.8 Å². The highest BCUT2D eigenvalue weighted by Gasteiger charge is 2.21. The topological polar surface area (TPSA) is 80.5 Å². The predicted octanol–water partition coefficient (Wildman–Crippen LogP) is 3.21. The number of ether oxygens (including phenoxy) is 1. The van der Waals surface area contributed by atoms with Crippen LogP contribution in [-0.2, 0) is 17.8 Å². The lowest BCUT2D eigenvalue weighted by atomic mass is 10.1. The maximum atomic E-state index is 10.6. The molecule has 7 nitrogen and oxygen atoms in total. The van der Waals surface area contributed by atoms with Gasteiger partial charge in [-0.3, -0.25) is 15.0 Å². The van der Waals surface area contributed by atoms with E-state index in [0.29, 0.717) is 12.4 Å². The van der Waals surface area contributed by atoms with Crippen molar-refractivity contribution in [3.05, 3.63) is 63.8 Å². The van der Waals surface area contributed by atoms with E-state index < -0.39 is 4.92 Å². The van der Waals surface area contributed by atoms with Crippen molar-refractivity contribution in [2.24, 2.45) is 0 Å². The summed E-state index contributed by atoms with van der Waals surface area (Å²) in [5.74, 6) is 0.621. The first-order valence-electron chi connectivity index (χ1n) is 8.79. The van der Waals surface area contributed by atoms with Gasteiger partial charge in [0.15, 0.2) is 0 Å². The molecule has 1 saturated heterocycles. The van der Waals surface area contributed by atoms with Crippen molar-refractivity contribution in [3.8, 4) is 0 Å². The molecule has 1 aliphatic heterocycles. The summed E-state index contributed by atoms with van der Waals surface area (Å²) >= 11 is 0. The molecule has 0 bridgehead atoms. The van der Waals surface area contributed by atoms with Gasteiger partial charge in [-0.15, -0.1) is 0 Å². The molecule has 26 heavy (non-hydrogen) atoms. The number of hydrogen-bond acceptors (Lipinski definition) is 6. The summed E-state index contributed by atoms with van der Waals surface area (Å²) in [6, 6.07) is 11.5. The van der Waals surface area contributed by atoms with E-state index >= 15 is 0 Å². The lowest BCUT2D eigenvalue weighted by molar-refractivity contribution is -0.385. The minimum Gasteiger partial charge on any atom is -0.373 e. The highest BCUT2D eigenvalue weighted by atomic mass is 16.6. The van der Waals surface area contributed by atoms with Crippen LogP contribution in [-0.4, -0.2) is 40.1 Å². The number of nitrogens with one attached hydrogen (secondary N) is 1. The molecule has 1 N–H and O–H groups in total. The summed E-state index contributed by atoms with van der Waals surface area (Å²) in [4.78, 5) is 16.7. The Morgan fingerprint density at radius 1 is 1.15 bits per heavy atom. The molecule has 7 heteroatoms. The summed E-state index contributed by atoms with van der Waals surface area (Å²) in [5, 5.41) is 13.8. The van der Waals surface area contributed by atoms with Crippen LogP contribution < -0.4 is 5.32 Å². The van der Waals surface area contributed by atoms with Gasteiger partial charge < -0.3 is 10.1 Å². The summed E-state index contributed by atoms with van der Waals surface area (Å²) in [7, 11) is 0. The van der Waals surface area contributed by atoms with Crippen molar-refractivity contribution in [1.82, 2.24) is 9.88 Å². The molecule has 0 spiro atoms. The second kappa shape index (κ2) is 8.25. The Morgan fingerprint density at radius 2 is 1.81 bits per heavy atom. The smallest absolute Gasteiger partial charge is 0.287 e. The SMILES string of the molecule is C[C@H]1CN(Cc2ccc(CNc3ccc([N+](=O)[O-])cn3)cc2)C[C@H](C)O1. The van der Waals surface area contributed by atoms with Crippen LogP contribution in [0.4, 0.5) is 11.5 Å². The van der Waals surface area contributed by atoms with Crippen LogP contribution in [0.15, 0.2) is 42.6 Å². The minimum atomic E-state index is -0.453. The number of pyridine rings is 1. The largest absolute Gasteiger partial charge is 0.373 e. The van der Waals surface area contributed by atoms with Crippen LogP contribution in [0.3, 0.4) is 0 Å². The average Bonchev–Trinajstić information content (AvgIpc) is 2.60. The number of anilines is 1. The Bertz CT molecular complexity index is 723. The molecular weight excluding hydrogens is 332 g/mol. The van der Waals surface area contributed by atoms with Gasteiger partial charge >= 0.3 is 0 Å². The third-order valence-electron chi connectivity index (χ3n) is 4.36. The van der Waals surface area contributed by atoms with Gasteiger partial charge in [0, 0.05) is 32.2 Å². The third-order valence-corrected chi connectivity index (χ3v) is 4.36. The molecular formula is C19H24N4O3. The molecule has 1 aromatic heterocycles. The van der Waals surface area contributed by atoms with Crippen LogP contribution >= 0.6 is 0 Å². The lowest BCUT2D eigenvalue weighted by Gasteiger charge is -2.35. The van der Waals surface area contributed by atoms with E-state index in [0.717, 1.165) is 25.2 Å². The molecule has 0 unspecified atom stereocenters. The molecule has 2 heterocycles. The third kappa shape index (κ3) is 5.00. The van der Waals surface area contributed by atoms with Crippen LogP contribution in [0.2, 0.25) is 0 Å². The van der Waals surface area contributed by atoms with Crippen LogP contribution in [0, 0.1) is 10.1 Å². The van der Waals surface area contributed by atoms with E-state index in [9.17, 15) is 10.1 Å². The molecule has 1 fully saturated rings. The predicted molar refractivity (Wildman–Crippen MR) is 99.9 cm³/mol. The second-order valence-electron chi connectivity index (χ2n) is 6.78. The lowest BCUT2D eigenvalue weighted by Crippen LogP contribution is -2.44. The van der Waals surface area contributed by atoms with E-state index in [4.69, 9.17) is 4.74 Å². The first-order valence-corrected chi connectivity index (χ1v) is 8.79. The maximum absolute atomic E-state index is 10.6. The quantitative estimate of drug-likeness (QED) is 0.632. The van der Waals surface area contributed by atoms with E-state index in [1.807, 2.05) is 0 Å². The van der Waals surface area contributed by atoms with Crippen molar-refractivity contribution in [2.75, 3.05) is 18.4 Å². The molecule has 0 saturated carbocycles. The minimum absolute atomic E-state index is 0.00773. The number of morpholine rings is 1. The zero-order chi connectivity index (χ0) is 18.5. The number of nitrogens with zero attached hydrogens (tertiary/aromatic N) is 3. The van der Waals surface area contributed by atoms with Gasteiger partial charge in [-0.05, 0) is 31.0 Å². The fourth-order valence-electron chi connectivity index (χ4n) is 3.23. The number of benzene rings is 1. The Labute approximate surface area is 153 Å². The van der Waals surface area contributed by atoms with Gasteiger partial charge in [-0.25, -0.2) is 4.98 Å². The van der Waals surface area contributed by atoms with Gasteiger partial charge in [0.05, 0.1) is 17.1 Å². The van der Waals surface area contributed by atoms with Crippen LogP contribution in [0.25, 0.3) is 0 Å². The highest BCUT2D eigenvalue weighted by Crippen LogP contribution is 2.16. The number of hydrogen-bond donors (Lipinski definition) is 1. The van der Waals surface area contributed by atoms with Gasteiger partial charge in [-0.1, -0.05) is 24.3 Å². The van der Waals surface area contributed by atoms with Crippen molar-refractivity contribution in [2.45, 2.75) is 39.1 Å². The standard InChI is InChI=1S/C19H24N4O3/c1-14-11-22(12-15(2)26-14)13-17-5-3-16(4-6-17)9-20-19-8-7-18(10-21-19)23(24)25/h3-8,10,14-15H,9,11-13H2,1-2H3,(H,20,21)/t14-,15-/m0/s1. The first-order chi connectivity index (χ1) is 12.5. The molecule has 138 valence electrons. The summed E-state index contributed by atoms with van der Waals surface area (Å²) in [5.41, 5.74) is 2.41. The average molecular weight is 356 g/mol. The van der Waals surface area contributed by atoms with E-state index in [2.05, 4.69) is 53.3 Å². The molecule has 2 atom stereocenters. The van der Waals surface area contributed by atoms with Crippen molar-refractivity contribution in [3.63, 3.8) is 0 Å². The molecule has 3 rings (SSSR count). The fourth-order valence-corrected chi connectivity index (χ4v) is 3.23. The highest BCUT2D eigenvalue weighted by molar-refractivity contribution is 5.40. The number of rotatable bonds is 6. The molecule has 0 amide bonds. The maximum Gasteiger partial charge on any atom is 0.287 e. The number of nitro groups is 1. The molecule has 1 aliphatic rings.